The highest BCUT2D eigenvalue weighted by molar-refractivity contribution is 5.95. The number of aryl methyl sites for hydroxylation is 1. The second-order valence-corrected chi connectivity index (χ2v) is 6.45. The number of hydrogen-bond donors (Lipinski definition) is 2. The predicted molar refractivity (Wildman–Crippen MR) is 94.1 cm³/mol. The van der Waals surface area contributed by atoms with Crippen LogP contribution in [0.15, 0.2) is 30.3 Å². The van der Waals surface area contributed by atoms with Gasteiger partial charge in [0.15, 0.2) is 0 Å². The third-order valence-electron chi connectivity index (χ3n) is 4.37. The third-order valence-corrected chi connectivity index (χ3v) is 4.37. The highest BCUT2D eigenvalue weighted by Gasteiger charge is 2.28. The van der Waals surface area contributed by atoms with Crippen molar-refractivity contribution in [2.24, 2.45) is 0 Å². The third kappa shape index (κ3) is 3.50. The van der Waals surface area contributed by atoms with Gasteiger partial charge in [0, 0.05) is 36.6 Å². The fourth-order valence-electron chi connectivity index (χ4n) is 3.09. The molecule has 1 aliphatic carbocycles. The Morgan fingerprint density at radius 3 is 2.42 bits per heavy atom. The lowest BCUT2D eigenvalue weighted by Crippen LogP contribution is -2.23. The molecule has 5 nitrogen and oxygen atoms in total. The molecule has 0 bridgehead atoms. The van der Waals surface area contributed by atoms with Gasteiger partial charge in [-0.3, -0.25) is 9.59 Å². The van der Waals surface area contributed by atoms with Crippen LogP contribution in [0, 0.1) is 13.8 Å². The molecular formula is C19H23N3O2. The largest absolute Gasteiger partial charge is 0.348 e. The van der Waals surface area contributed by atoms with Gasteiger partial charge in [-0.15, -0.1) is 0 Å². The zero-order valence-electron chi connectivity index (χ0n) is 14.3. The van der Waals surface area contributed by atoms with E-state index in [2.05, 4.69) is 22.1 Å². The molecule has 0 radical (unpaired) electrons. The van der Waals surface area contributed by atoms with Gasteiger partial charge >= 0.3 is 0 Å². The number of carbonyl (C=O) groups excluding carboxylic acids is 2. The van der Waals surface area contributed by atoms with E-state index in [1.165, 1.54) is 19.8 Å². The molecule has 2 aromatic rings. The first-order valence-corrected chi connectivity index (χ1v) is 8.29. The van der Waals surface area contributed by atoms with Crippen LogP contribution in [-0.2, 0) is 11.3 Å². The van der Waals surface area contributed by atoms with Gasteiger partial charge in [0.25, 0.3) is 5.91 Å². The van der Waals surface area contributed by atoms with Crippen LogP contribution in [0.3, 0.4) is 0 Å². The maximum atomic E-state index is 12.5. The second-order valence-electron chi connectivity index (χ2n) is 6.45. The van der Waals surface area contributed by atoms with E-state index in [4.69, 9.17) is 0 Å². The molecule has 24 heavy (non-hydrogen) atoms. The molecule has 1 saturated carbocycles. The summed E-state index contributed by atoms with van der Waals surface area (Å²) in [5, 5.41) is 5.70. The Hall–Kier alpha value is -2.56. The molecule has 2 amide bonds. The van der Waals surface area contributed by atoms with Crippen LogP contribution in [0.1, 0.15) is 53.1 Å². The second kappa shape index (κ2) is 6.51. The van der Waals surface area contributed by atoms with E-state index < -0.39 is 0 Å². The molecule has 3 rings (SSSR count). The van der Waals surface area contributed by atoms with Crippen molar-refractivity contribution in [1.29, 1.82) is 0 Å². The standard InChI is InChI=1S/C19H23N3O2/c1-12-10-18(13(2)22(12)17-8-9-17)19(24)20-11-15-4-6-16(7-5-15)21-14(3)23/h4-7,10,17H,8-9,11H2,1-3H3,(H,20,24)(H,21,23). The Morgan fingerprint density at radius 1 is 1.17 bits per heavy atom. The van der Waals surface area contributed by atoms with E-state index in [1.807, 2.05) is 37.3 Å². The summed E-state index contributed by atoms with van der Waals surface area (Å²) in [6.45, 7) is 6.02. The maximum Gasteiger partial charge on any atom is 0.253 e. The first-order valence-electron chi connectivity index (χ1n) is 8.29. The summed E-state index contributed by atoms with van der Waals surface area (Å²) in [7, 11) is 0. The number of nitrogens with one attached hydrogen (secondary N) is 2. The summed E-state index contributed by atoms with van der Waals surface area (Å²) < 4.78 is 2.27. The van der Waals surface area contributed by atoms with Crippen LogP contribution in [0.4, 0.5) is 5.69 Å². The number of amides is 2. The van der Waals surface area contributed by atoms with Crippen molar-refractivity contribution in [3.63, 3.8) is 0 Å². The number of benzene rings is 1. The monoisotopic (exact) mass is 325 g/mol. The minimum absolute atomic E-state index is 0.0408. The molecule has 126 valence electrons. The quantitative estimate of drug-likeness (QED) is 0.886. The van der Waals surface area contributed by atoms with E-state index in [1.54, 1.807) is 0 Å². The Balaban J connectivity index is 1.63. The Bertz CT molecular complexity index is 771. The van der Waals surface area contributed by atoms with Crippen molar-refractivity contribution in [3.05, 3.63) is 52.8 Å². The first-order chi connectivity index (χ1) is 11.5. The highest BCUT2D eigenvalue weighted by Crippen LogP contribution is 2.38. The molecule has 0 aliphatic heterocycles. The number of rotatable bonds is 5. The molecule has 1 heterocycles. The van der Waals surface area contributed by atoms with Gasteiger partial charge in [-0.05, 0) is 50.5 Å². The minimum Gasteiger partial charge on any atom is -0.348 e. The zero-order valence-corrected chi connectivity index (χ0v) is 14.3. The number of carbonyl (C=O) groups is 2. The molecule has 1 aromatic heterocycles. The van der Waals surface area contributed by atoms with Crippen molar-refractivity contribution in [2.75, 3.05) is 5.32 Å². The highest BCUT2D eigenvalue weighted by atomic mass is 16.2. The summed E-state index contributed by atoms with van der Waals surface area (Å²) in [5.41, 5.74) is 4.71. The van der Waals surface area contributed by atoms with Crippen molar-refractivity contribution in [3.8, 4) is 0 Å². The van der Waals surface area contributed by atoms with Gasteiger partial charge in [0.2, 0.25) is 5.91 Å². The van der Waals surface area contributed by atoms with Gasteiger partial charge < -0.3 is 15.2 Å². The van der Waals surface area contributed by atoms with Gasteiger partial charge in [-0.1, -0.05) is 12.1 Å². The summed E-state index contributed by atoms with van der Waals surface area (Å²) in [4.78, 5) is 23.5. The molecule has 0 spiro atoms. The number of nitrogens with zero attached hydrogens (tertiary/aromatic N) is 1. The van der Waals surface area contributed by atoms with Gasteiger partial charge in [0.05, 0.1) is 5.56 Å². The SMILES string of the molecule is CC(=O)Nc1ccc(CNC(=O)c2cc(C)n(C3CC3)c2C)cc1. The van der Waals surface area contributed by atoms with Gasteiger partial charge in [-0.2, -0.15) is 0 Å². The van der Waals surface area contributed by atoms with Crippen molar-refractivity contribution in [2.45, 2.75) is 46.2 Å². The minimum atomic E-state index is -0.0953. The lowest BCUT2D eigenvalue weighted by atomic mass is 10.2. The number of anilines is 1. The Labute approximate surface area is 142 Å². The summed E-state index contributed by atoms with van der Waals surface area (Å²) in [6.07, 6.45) is 2.41. The van der Waals surface area contributed by atoms with E-state index >= 15 is 0 Å². The molecule has 0 unspecified atom stereocenters. The van der Waals surface area contributed by atoms with Crippen molar-refractivity contribution in [1.82, 2.24) is 9.88 Å². The van der Waals surface area contributed by atoms with Crippen LogP contribution in [0.2, 0.25) is 0 Å². The Kier molecular flexibility index (Phi) is 4.42. The molecule has 2 N–H and O–H groups in total. The topological polar surface area (TPSA) is 63.1 Å². The van der Waals surface area contributed by atoms with E-state index in [0.29, 0.717) is 12.6 Å². The van der Waals surface area contributed by atoms with E-state index in [-0.39, 0.29) is 11.8 Å². The van der Waals surface area contributed by atoms with E-state index in [9.17, 15) is 9.59 Å². The van der Waals surface area contributed by atoms with E-state index in [0.717, 1.165) is 28.2 Å². The average molecular weight is 325 g/mol. The fourth-order valence-corrected chi connectivity index (χ4v) is 3.09. The smallest absolute Gasteiger partial charge is 0.253 e. The van der Waals surface area contributed by atoms with Crippen LogP contribution >= 0.6 is 0 Å². The molecule has 1 aliphatic rings. The molecule has 5 heteroatoms. The molecule has 0 atom stereocenters. The molecular weight excluding hydrogens is 302 g/mol. The average Bonchev–Trinajstić information content (AvgIpc) is 3.31. The molecule has 1 aromatic carbocycles. The van der Waals surface area contributed by atoms with Gasteiger partial charge in [-0.25, -0.2) is 0 Å². The summed E-state index contributed by atoms with van der Waals surface area (Å²) in [6, 6.07) is 10.0. The van der Waals surface area contributed by atoms with Gasteiger partial charge in [0.1, 0.15) is 0 Å². The van der Waals surface area contributed by atoms with Crippen LogP contribution in [-0.4, -0.2) is 16.4 Å². The number of aromatic nitrogens is 1. The Morgan fingerprint density at radius 2 is 1.83 bits per heavy atom. The van der Waals surface area contributed by atoms with Crippen molar-refractivity contribution < 1.29 is 9.59 Å². The lowest BCUT2D eigenvalue weighted by Gasteiger charge is -2.09. The normalized spacial score (nSPS) is 13.6. The number of hydrogen-bond acceptors (Lipinski definition) is 2. The molecule has 1 fully saturated rings. The zero-order chi connectivity index (χ0) is 17.3. The summed E-state index contributed by atoms with van der Waals surface area (Å²) in [5.74, 6) is -0.136. The maximum absolute atomic E-state index is 12.5. The fraction of sp³-hybridized carbons (Fsp3) is 0.368. The van der Waals surface area contributed by atoms with Crippen LogP contribution < -0.4 is 10.6 Å². The van der Waals surface area contributed by atoms with Crippen LogP contribution in [0.25, 0.3) is 0 Å². The first kappa shape index (κ1) is 16.3. The van der Waals surface area contributed by atoms with Crippen LogP contribution in [0.5, 0.6) is 0 Å². The molecule has 0 saturated heterocycles. The summed E-state index contributed by atoms with van der Waals surface area (Å²) >= 11 is 0. The predicted octanol–water partition coefficient (Wildman–Crippen LogP) is 3.33. The lowest BCUT2D eigenvalue weighted by molar-refractivity contribution is -0.114. The van der Waals surface area contributed by atoms with Crippen molar-refractivity contribution >= 4 is 17.5 Å².